The summed E-state index contributed by atoms with van der Waals surface area (Å²) in [6.07, 6.45) is 2.54. The van der Waals surface area contributed by atoms with Crippen molar-refractivity contribution in [3.63, 3.8) is 0 Å². The highest BCUT2D eigenvalue weighted by Crippen LogP contribution is 2.41. The average molecular weight is 423 g/mol. The van der Waals surface area contributed by atoms with Crippen LogP contribution in [0.25, 0.3) is 0 Å². The second-order valence-corrected chi connectivity index (χ2v) is 9.51. The molecular weight excluding hydrogens is 388 g/mol. The Hall–Kier alpha value is -2.53. The first-order chi connectivity index (χ1) is 14.8. The van der Waals surface area contributed by atoms with E-state index in [1.54, 1.807) is 7.11 Å². The largest absolute Gasteiger partial charge is 0.497 e. The Morgan fingerprint density at radius 2 is 1.94 bits per heavy atom. The summed E-state index contributed by atoms with van der Waals surface area (Å²) in [5.74, 6) is 1.83. The normalized spacial score (nSPS) is 21.1. The summed E-state index contributed by atoms with van der Waals surface area (Å²) >= 11 is 0. The van der Waals surface area contributed by atoms with Gasteiger partial charge in [-0.3, -0.25) is 9.69 Å². The maximum Gasteiger partial charge on any atom is 0.223 e. The molecule has 2 heterocycles. The van der Waals surface area contributed by atoms with Crippen molar-refractivity contribution in [2.24, 2.45) is 5.92 Å². The van der Waals surface area contributed by atoms with E-state index in [-0.39, 0.29) is 23.5 Å². The Bertz CT molecular complexity index is 932. The van der Waals surface area contributed by atoms with Crippen molar-refractivity contribution in [3.05, 3.63) is 59.2 Å². The highest BCUT2D eigenvalue weighted by atomic mass is 16.5. The van der Waals surface area contributed by atoms with E-state index in [1.807, 2.05) is 18.2 Å². The predicted octanol–water partition coefficient (Wildman–Crippen LogP) is 4.63. The van der Waals surface area contributed by atoms with Gasteiger partial charge in [0.1, 0.15) is 17.1 Å². The standard InChI is InChI=1S/C26H34N2O3/c1-18-7-5-6-8-20(18)17-28-13-11-19(12-14-28)25(29)27-23-16-26(2,3)31-24-10-9-21(30-4)15-22(23)24/h5-10,15,19,23H,11-14,16-17H2,1-4H3,(H,27,29)/t23-/m0/s1. The van der Waals surface area contributed by atoms with Crippen LogP contribution in [0.4, 0.5) is 0 Å². The Morgan fingerprint density at radius 3 is 2.65 bits per heavy atom. The van der Waals surface area contributed by atoms with Gasteiger partial charge in [0.25, 0.3) is 0 Å². The van der Waals surface area contributed by atoms with Crippen LogP contribution in [0, 0.1) is 12.8 Å². The van der Waals surface area contributed by atoms with Crippen molar-refractivity contribution >= 4 is 5.91 Å². The Kier molecular flexibility index (Phi) is 6.24. The molecule has 31 heavy (non-hydrogen) atoms. The molecule has 2 aliphatic heterocycles. The van der Waals surface area contributed by atoms with Gasteiger partial charge < -0.3 is 14.8 Å². The van der Waals surface area contributed by atoms with E-state index in [0.717, 1.165) is 56.0 Å². The second kappa shape index (κ2) is 8.91. The van der Waals surface area contributed by atoms with Gasteiger partial charge in [0.2, 0.25) is 5.91 Å². The molecule has 166 valence electrons. The number of nitrogens with zero attached hydrogens (tertiary/aromatic N) is 1. The topological polar surface area (TPSA) is 50.8 Å². The summed E-state index contributed by atoms with van der Waals surface area (Å²) in [5.41, 5.74) is 3.39. The Labute approximate surface area is 185 Å². The highest BCUT2D eigenvalue weighted by molar-refractivity contribution is 5.79. The number of carbonyl (C=O) groups excluding carboxylic acids is 1. The summed E-state index contributed by atoms with van der Waals surface area (Å²) in [6, 6.07) is 14.3. The third-order valence-corrected chi connectivity index (χ3v) is 6.60. The minimum absolute atomic E-state index is 0.0631. The fourth-order valence-corrected chi connectivity index (χ4v) is 4.76. The number of amides is 1. The van der Waals surface area contributed by atoms with Crippen molar-refractivity contribution in [3.8, 4) is 11.5 Å². The molecule has 0 unspecified atom stereocenters. The molecule has 1 saturated heterocycles. The van der Waals surface area contributed by atoms with Crippen molar-refractivity contribution in [2.75, 3.05) is 20.2 Å². The van der Waals surface area contributed by atoms with E-state index in [9.17, 15) is 4.79 Å². The molecular formula is C26H34N2O3. The van der Waals surface area contributed by atoms with Crippen LogP contribution in [0.5, 0.6) is 11.5 Å². The molecule has 1 fully saturated rings. The van der Waals surface area contributed by atoms with Crippen molar-refractivity contribution in [1.29, 1.82) is 0 Å². The molecule has 1 N–H and O–H groups in total. The first kappa shape index (κ1) is 21.7. The maximum atomic E-state index is 13.2. The number of hydrogen-bond acceptors (Lipinski definition) is 4. The van der Waals surface area contributed by atoms with Gasteiger partial charge in [-0.2, -0.15) is 0 Å². The zero-order valence-corrected chi connectivity index (χ0v) is 19.1. The fourth-order valence-electron chi connectivity index (χ4n) is 4.76. The first-order valence-electron chi connectivity index (χ1n) is 11.3. The lowest BCUT2D eigenvalue weighted by molar-refractivity contribution is -0.127. The third-order valence-electron chi connectivity index (χ3n) is 6.60. The number of benzene rings is 2. The summed E-state index contributed by atoms with van der Waals surface area (Å²) in [5, 5.41) is 3.33. The van der Waals surface area contributed by atoms with Gasteiger partial charge in [0.15, 0.2) is 0 Å². The van der Waals surface area contributed by atoms with E-state index in [4.69, 9.17) is 9.47 Å². The van der Waals surface area contributed by atoms with E-state index in [2.05, 4.69) is 55.3 Å². The first-order valence-corrected chi connectivity index (χ1v) is 11.3. The lowest BCUT2D eigenvalue weighted by Crippen LogP contribution is -2.45. The third kappa shape index (κ3) is 5.04. The molecule has 0 aliphatic carbocycles. The van der Waals surface area contributed by atoms with Crippen LogP contribution in [0.15, 0.2) is 42.5 Å². The molecule has 1 atom stereocenters. The van der Waals surface area contributed by atoms with E-state index in [0.29, 0.717) is 0 Å². The van der Waals surface area contributed by atoms with Crippen LogP contribution in [0.2, 0.25) is 0 Å². The number of likely N-dealkylation sites (tertiary alicyclic amines) is 1. The number of fused-ring (bicyclic) bond motifs is 1. The van der Waals surface area contributed by atoms with Crippen LogP contribution in [-0.4, -0.2) is 36.6 Å². The number of ether oxygens (including phenoxy) is 2. The van der Waals surface area contributed by atoms with Gasteiger partial charge in [0.05, 0.1) is 13.2 Å². The lowest BCUT2D eigenvalue weighted by Gasteiger charge is -2.39. The molecule has 2 aromatic carbocycles. The monoisotopic (exact) mass is 422 g/mol. The van der Waals surface area contributed by atoms with Gasteiger partial charge in [-0.15, -0.1) is 0 Å². The number of methoxy groups -OCH3 is 1. The molecule has 2 aliphatic rings. The van der Waals surface area contributed by atoms with Crippen molar-refractivity contribution in [2.45, 2.75) is 58.2 Å². The number of carbonyl (C=O) groups is 1. The average Bonchev–Trinajstić information content (AvgIpc) is 2.75. The molecule has 5 heteroatoms. The van der Waals surface area contributed by atoms with Gasteiger partial charge in [-0.25, -0.2) is 0 Å². The number of hydrogen-bond donors (Lipinski definition) is 1. The van der Waals surface area contributed by atoms with E-state index < -0.39 is 0 Å². The zero-order chi connectivity index (χ0) is 22.0. The molecule has 0 bridgehead atoms. The van der Waals surface area contributed by atoms with Gasteiger partial charge in [-0.1, -0.05) is 24.3 Å². The predicted molar refractivity (Wildman–Crippen MR) is 122 cm³/mol. The van der Waals surface area contributed by atoms with Crippen LogP contribution < -0.4 is 14.8 Å². The van der Waals surface area contributed by atoms with Crippen LogP contribution >= 0.6 is 0 Å². The molecule has 0 spiro atoms. The van der Waals surface area contributed by atoms with Gasteiger partial charge >= 0.3 is 0 Å². The molecule has 4 rings (SSSR count). The van der Waals surface area contributed by atoms with Crippen molar-refractivity contribution < 1.29 is 14.3 Å². The Balaban J connectivity index is 1.38. The molecule has 0 radical (unpaired) electrons. The second-order valence-electron chi connectivity index (χ2n) is 9.51. The molecule has 1 amide bonds. The molecule has 5 nitrogen and oxygen atoms in total. The van der Waals surface area contributed by atoms with Crippen LogP contribution in [-0.2, 0) is 11.3 Å². The molecule has 2 aromatic rings. The summed E-state index contributed by atoms with van der Waals surface area (Å²) in [6.45, 7) is 9.18. The summed E-state index contributed by atoms with van der Waals surface area (Å²) in [7, 11) is 1.66. The minimum Gasteiger partial charge on any atom is -0.497 e. The summed E-state index contributed by atoms with van der Waals surface area (Å²) < 4.78 is 11.5. The molecule has 0 saturated carbocycles. The lowest BCUT2D eigenvalue weighted by atomic mass is 9.88. The maximum absolute atomic E-state index is 13.2. The number of rotatable bonds is 5. The summed E-state index contributed by atoms with van der Waals surface area (Å²) in [4.78, 5) is 15.6. The number of piperidine rings is 1. The quantitative estimate of drug-likeness (QED) is 0.763. The van der Waals surface area contributed by atoms with Gasteiger partial charge in [0, 0.05) is 24.4 Å². The fraction of sp³-hybridized carbons (Fsp3) is 0.500. The van der Waals surface area contributed by atoms with Crippen LogP contribution in [0.3, 0.4) is 0 Å². The number of nitrogens with one attached hydrogen (secondary N) is 1. The molecule has 0 aromatic heterocycles. The van der Waals surface area contributed by atoms with Gasteiger partial charge in [-0.05, 0) is 76.0 Å². The number of aryl methyl sites for hydroxylation is 1. The smallest absolute Gasteiger partial charge is 0.223 e. The minimum atomic E-state index is -0.323. The highest BCUT2D eigenvalue weighted by Gasteiger charge is 2.36. The van der Waals surface area contributed by atoms with Crippen LogP contribution in [0.1, 0.15) is 55.8 Å². The van der Waals surface area contributed by atoms with E-state index >= 15 is 0 Å². The van der Waals surface area contributed by atoms with E-state index in [1.165, 1.54) is 11.1 Å². The zero-order valence-electron chi connectivity index (χ0n) is 19.1. The SMILES string of the molecule is COc1ccc2c(c1)[C@@H](NC(=O)C1CCN(Cc3ccccc3C)CC1)CC(C)(C)O2. The van der Waals surface area contributed by atoms with Crippen molar-refractivity contribution in [1.82, 2.24) is 10.2 Å². The Morgan fingerprint density at radius 1 is 1.19 bits per heavy atom.